The Morgan fingerprint density at radius 1 is 1.71 bits per heavy atom. The van der Waals surface area contributed by atoms with E-state index in [1.165, 1.54) is 11.8 Å². The smallest absolute Gasteiger partial charge is 0.321 e. The number of carboxylic acids is 1. The number of thioether (sulfide) groups is 1. The number of hydrogen-bond donors (Lipinski definition) is 2. The third-order valence-electron chi connectivity index (χ3n) is 2.31. The Hall–Kier alpha value is -0.720. The maximum Gasteiger partial charge on any atom is 0.321 e. The summed E-state index contributed by atoms with van der Waals surface area (Å²) in [4.78, 5) is 10.6. The first-order valence-corrected chi connectivity index (χ1v) is 6.78. The van der Waals surface area contributed by atoms with Gasteiger partial charge in [0.15, 0.2) is 0 Å². The minimum absolute atomic E-state index is 0.361. The second-order valence-electron chi connectivity index (χ2n) is 3.62. The molecule has 1 aromatic heterocycles. The second kappa shape index (κ2) is 6.28. The summed E-state index contributed by atoms with van der Waals surface area (Å²) in [6.45, 7) is 4.58. The van der Waals surface area contributed by atoms with Gasteiger partial charge in [-0.15, -0.1) is 0 Å². The zero-order chi connectivity index (χ0) is 13.0. The van der Waals surface area contributed by atoms with Gasteiger partial charge in [0.05, 0.1) is 16.4 Å². The molecule has 0 saturated carbocycles. The Morgan fingerprint density at radius 2 is 2.35 bits per heavy atom. The quantitative estimate of drug-likeness (QED) is 0.824. The van der Waals surface area contributed by atoms with Crippen LogP contribution in [0.5, 0.6) is 0 Å². The fourth-order valence-electron chi connectivity index (χ4n) is 1.36. The highest BCUT2D eigenvalue weighted by Crippen LogP contribution is 2.24. The SMILES string of the molecule is CCn1nc(C)c(Cl)c1CSC[C@H](N)C(=O)O. The number of carboxylic acid groups (broad SMARTS) is 1. The van der Waals surface area contributed by atoms with E-state index in [1.54, 1.807) is 0 Å². The molecule has 0 aromatic carbocycles. The summed E-state index contributed by atoms with van der Waals surface area (Å²) >= 11 is 7.58. The molecule has 1 heterocycles. The summed E-state index contributed by atoms with van der Waals surface area (Å²) in [5.74, 6) is -0.00236. The van der Waals surface area contributed by atoms with Crippen molar-refractivity contribution in [3.05, 3.63) is 16.4 Å². The van der Waals surface area contributed by atoms with Crippen LogP contribution >= 0.6 is 23.4 Å². The number of nitrogens with two attached hydrogens (primary N) is 1. The standard InChI is InChI=1S/C10H16ClN3O2S/c1-3-14-8(9(11)6(2)13-14)5-17-4-7(12)10(15)16/h7H,3-5,12H2,1-2H3,(H,15,16)/t7-/m0/s1. The fraction of sp³-hybridized carbons (Fsp3) is 0.600. The van der Waals surface area contributed by atoms with E-state index < -0.39 is 12.0 Å². The fourth-order valence-corrected chi connectivity index (χ4v) is 2.64. The van der Waals surface area contributed by atoms with Crippen molar-refractivity contribution in [2.24, 2.45) is 5.73 Å². The van der Waals surface area contributed by atoms with Crippen LogP contribution in [0.15, 0.2) is 0 Å². The summed E-state index contributed by atoms with van der Waals surface area (Å²) < 4.78 is 1.83. The molecule has 1 atom stereocenters. The van der Waals surface area contributed by atoms with E-state index in [2.05, 4.69) is 5.10 Å². The van der Waals surface area contributed by atoms with E-state index in [0.717, 1.165) is 17.9 Å². The highest BCUT2D eigenvalue weighted by Gasteiger charge is 2.15. The first-order valence-electron chi connectivity index (χ1n) is 5.25. The third-order valence-corrected chi connectivity index (χ3v) is 3.87. The molecule has 1 rings (SSSR count). The number of carbonyl (C=O) groups is 1. The van der Waals surface area contributed by atoms with Crippen LogP contribution in [0.3, 0.4) is 0 Å². The molecular formula is C10H16ClN3O2S. The van der Waals surface area contributed by atoms with Crippen LogP contribution in [0, 0.1) is 6.92 Å². The molecule has 0 saturated heterocycles. The number of aryl methyl sites for hydroxylation is 2. The molecule has 0 aliphatic heterocycles. The van der Waals surface area contributed by atoms with Gasteiger partial charge < -0.3 is 10.8 Å². The molecule has 3 N–H and O–H groups in total. The Labute approximate surface area is 109 Å². The van der Waals surface area contributed by atoms with Crippen molar-refractivity contribution in [3.8, 4) is 0 Å². The molecule has 0 amide bonds. The minimum Gasteiger partial charge on any atom is -0.480 e. The van der Waals surface area contributed by atoms with Gasteiger partial charge in [0.2, 0.25) is 0 Å². The maximum atomic E-state index is 10.6. The number of rotatable bonds is 6. The van der Waals surface area contributed by atoms with Crippen molar-refractivity contribution in [3.63, 3.8) is 0 Å². The van der Waals surface area contributed by atoms with Crippen molar-refractivity contribution in [2.75, 3.05) is 5.75 Å². The first-order chi connectivity index (χ1) is 7.97. The largest absolute Gasteiger partial charge is 0.480 e. The molecule has 17 heavy (non-hydrogen) atoms. The average Bonchev–Trinajstić information content (AvgIpc) is 2.56. The molecule has 0 radical (unpaired) electrons. The van der Waals surface area contributed by atoms with E-state index in [0.29, 0.717) is 16.5 Å². The van der Waals surface area contributed by atoms with Gasteiger partial charge in [-0.05, 0) is 13.8 Å². The van der Waals surface area contributed by atoms with Crippen LogP contribution in [0.25, 0.3) is 0 Å². The summed E-state index contributed by atoms with van der Waals surface area (Å²) in [6.07, 6.45) is 0. The van der Waals surface area contributed by atoms with Gasteiger partial charge in [-0.2, -0.15) is 16.9 Å². The van der Waals surface area contributed by atoms with Gasteiger partial charge in [0.1, 0.15) is 6.04 Å². The van der Waals surface area contributed by atoms with Crippen molar-refractivity contribution in [1.82, 2.24) is 9.78 Å². The van der Waals surface area contributed by atoms with Crippen molar-refractivity contribution < 1.29 is 9.90 Å². The lowest BCUT2D eigenvalue weighted by Crippen LogP contribution is -2.32. The molecule has 0 fully saturated rings. The van der Waals surface area contributed by atoms with E-state index >= 15 is 0 Å². The van der Waals surface area contributed by atoms with Crippen LogP contribution in [0.4, 0.5) is 0 Å². The topological polar surface area (TPSA) is 81.1 Å². The monoisotopic (exact) mass is 277 g/mol. The van der Waals surface area contributed by atoms with Gasteiger partial charge in [0, 0.05) is 18.1 Å². The lowest BCUT2D eigenvalue weighted by molar-refractivity contribution is -0.137. The third kappa shape index (κ3) is 3.62. The molecule has 5 nitrogen and oxygen atoms in total. The Balaban J connectivity index is 2.60. The van der Waals surface area contributed by atoms with Crippen molar-refractivity contribution >= 4 is 29.3 Å². The van der Waals surface area contributed by atoms with Gasteiger partial charge in [-0.25, -0.2) is 0 Å². The maximum absolute atomic E-state index is 10.6. The highest BCUT2D eigenvalue weighted by atomic mass is 35.5. The van der Waals surface area contributed by atoms with Gasteiger partial charge in [0.25, 0.3) is 0 Å². The van der Waals surface area contributed by atoms with Crippen LogP contribution in [-0.4, -0.2) is 32.7 Å². The van der Waals surface area contributed by atoms with Gasteiger partial charge in [-0.3, -0.25) is 9.48 Å². The number of aliphatic carboxylic acids is 1. The predicted molar refractivity (Wildman–Crippen MR) is 69.4 cm³/mol. The van der Waals surface area contributed by atoms with Gasteiger partial charge in [-0.1, -0.05) is 11.6 Å². The number of aromatic nitrogens is 2. The lowest BCUT2D eigenvalue weighted by atomic mass is 10.4. The summed E-state index contributed by atoms with van der Waals surface area (Å²) in [5, 5.41) is 13.6. The molecule has 0 unspecified atom stereocenters. The molecule has 0 aliphatic rings. The zero-order valence-corrected chi connectivity index (χ0v) is 11.4. The number of nitrogens with zero attached hydrogens (tertiary/aromatic N) is 2. The molecular weight excluding hydrogens is 262 g/mol. The summed E-state index contributed by atoms with van der Waals surface area (Å²) in [7, 11) is 0. The van der Waals surface area contributed by atoms with Crippen LogP contribution in [0.2, 0.25) is 5.02 Å². The Bertz CT molecular complexity index is 409. The minimum atomic E-state index is -0.983. The van der Waals surface area contributed by atoms with Gasteiger partial charge >= 0.3 is 5.97 Å². The first kappa shape index (κ1) is 14.3. The zero-order valence-electron chi connectivity index (χ0n) is 9.81. The number of hydrogen-bond acceptors (Lipinski definition) is 4. The van der Waals surface area contributed by atoms with Crippen LogP contribution < -0.4 is 5.73 Å². The average molecular weight is 278 g/mol. The van der Waals surface area contributed by atoms with Crippen LogP contribution in [0.1, 0.15) is 18.3 Å². The Morgan fingerprint density at radius 3 is 2.88 bits per heavy atom. The second-order valence-corrected chi connectivity index (χ2v) is 5.03. The van der Waals surface area contributed by atoms with Crippen molar-refractivity contribution in [1.29, 1.82) is 0 Å². The Kier molecular flexibility index (Phi) is 5.30. The van der Waals surface area contributed by atoms with E-state index in [1.807, 2.05) is 18.5 Å². The van der Waals surface area contributed by atoms with E-state index in [-0.39, 0.29) is 0 Å². The highest BCUT2D eigenvalue weighted by molar-refractivity contribution is 7.98. The van der Waals surface area contributed by atoms with E-state index in [4.69, 9.17) is 22.4 Å². The molecule has 7 heteroatoms. The molecule has 0 bridgehead atoms. The molecule has 96 valence electrons. The molecule has 0 spiro atoms. The van der Waals surface area contributed by atoms with Crippen molar-refractivity contribution in [2.45, 2.75) is 32.2 Å². The predicted octanol–water partition coefficient (Wildman–Crippen LogP) is 1.51. The summed E-state index contributed by atoms with van der Waals surface area (Å²) in [5.41, 5.74) is 7.14. The number of halogens is 1. The van der Waals surface area contributed by atoms with Crippen LogP contribution in [-0.2, 0) is 17.1 Å². The molecule has 1 aromatic rings. The lowest BCUT2D eigenvalue weighted by Gasteiger charge is -2.07. The molecule has 0 aliphatic carbocycles. The van der Waals surface area contributed by atoms with E-state index in [9.17, 15) is 4.79 Å². The normalized spacial score (nSPS) is 12.7. The summed E-state index contributed by atoms with van der Waals surface area (Å²) in [6, 6.07) is -0.835.